The van der Waals surface area contributed by atoms with Crippen molar-refractivity contribution < 1.29 is 17.9 Å². The van der Waals surface area contributed by atoms with Crippen molar-refractivity contribution in [3.63, 3.8) is 0 Å². The number of anilines is 1. The van der Waals surface area contributed by atoms with Crippen LogP contribution in [0.15, 0.2) is 24.3 Å². The van der Waals surface area contributed by atoms with Gasteiger partial charge in [-0.3, -0.25) is 4.79 Å². The number of nitrogens with zero attached hydrogens (tertiary/aromatic N) is 2. The van der Waals surface area contributed by atoms with Gasteiger partial charge in [0.15, 0.2) is 0 Å². The van der Waals surface area contributed by atoms with E-state index in [2.05, 4.69) is 9.64 Å². The lowest BCUT2D eigenvalue weighted by atomic mass is 10.1. The molecule has 1 aromatic rings. The number of para-hydroxylation sites is 1. The fourth-order valence-electron chi connectivity index (χ4n) is 2.98. The van der Waals surface area contributed by atoms with E-state index in [0.29, 0.717) is 13.1 Å². The lowest BCUT2D eigenvalue weighted by molar-refractivity contribution is -0.144. The summed E-state index contributed by atoms with van der Waals surface area (Å²) in [5.74, 6) is -1.43. The number of methoxy groups -OCH3 is 1. The van der Waals surface area contributed by atoms with Crippen molar-refractivity contribution >= 4 is 21.7 Å². The lowest BCUT2D eigenvalue weighted by Gasteiger charge is -2.28. The Hall–Kier alpha value is -1.60. The van der Waals surface area contributed by atoms with Crippen molar-refractivity contribution in [3.8, 4) is 0 Å². The van der Waals surface area contributed by atoms with Gasteiger partial charge in [-0.1, -0.05) is 25.1 Å². The van der Waals surface area contributed by atoms with Gasteiger partial charge in [-0.05, 0) is 18.6 Å². The normalized spacial score (nSPS) is 20.5. The van der Waals surface area contributed by atoms with Crippen LogP contribution in [0.5, 0.6) is 0 Å². The molecule has 0 amide bonds. The highest BCUT2D eigenvalue weighted by molar-refractivity contribution is 7.89. The zero-order valence-electron chi connectivity index (χ0n) is 14.0. The Bertz CT molecular complexity index is 674. The first kappa shape index (κ1) is 17.7. The van der Waals surface area contributed by atoms with Gasteiger partial charge in [-0.2, -0.15) is 4.31 Å². The summed E-state index contributed by atoms with van der Waals surface area (Å²) in [6, 6.07) is 7.61. The van der Waals surface area contributed by atoms with Gasteiger partial charge in [0.05, 0.1) is 18.8 Å². The van der Waals surface area contributed by atoms with Crippen molar-refractivity contribution in [1.29, 1.82) is 0 Å². The minimum absolute atomic E-state index is 0.178. The standard InChI is InChI=1S/C16H24N2O4S/c1-12(16(19)22-4)11-23(20,21)18-10-14-7-5-6-8-15(14)17(3)9-13(18)2/h5-8,12-13H,9-11H2,1-4H3/t12-,13-/m0/s1. The Kier molecular flexibility index (Phi) is 5.31. The topological polar surface area (TPSA) is 66.9 Å². The van der Waals surface area contributed by atoms with Gasteiger partial charge in [0.25, 0.3) is 0 Å². The molecule has 0 saturated heterocycles. The molecule has 1 aromatic carbocycles. The highest BCUT2D eigenvalue weighted by atomic mass is 32.2. The maximum atomic E-state index is 12.8. The zero-order chi connectivity index (χ0) is 17.2. The first-order valence-corrected chi connectivity index (χ1v) is 9.23. The number of hydrogen-bond donors (Lipinski definition) is 0. The van der Waals surface area contributed by atoms with Crippen molar-refractivity contribution in [2.24, 2.45) is 5.92 Å². The predicted molar refractivity (Wildman–Crippen MR) is 89.7 cm³/mol. The SMILES string of the molecule is COC(=O)[C@@H](C)CS(=O)(=O)N1Cc2ccccc2N(C)C[C@@H]1C. The summed E-state index contributed by atoms with van der Waals surface area (Å²) in [4.78, 5) is 13.6. The molecule has 1 aliphatic heterocycles. The van der Waals surface area contributed by atoms with E-state index in [9.17, 15) is 13.2 Å². The molecule has 7 heteroatoms. The first-order chi connectivity index (χ1) is 10.8. The van der Waals surface area contributed by atoms with Crippen molar-refractivity contribution in [3.05, 3.63) is 29.8 Å². The monoisotopic (exact) mass is 340 g/mol. The van der Waals surface area contributed by atoms with E-state index in [-0.39, 0.29) is 11.8 Å². The molecule has 0 fully saturated rings. The molecule has 0 unspecified atom stereocenters. The van der Waals surface area contributed by atoms with E-state index in [1.165, 1.54) is 11.4 Å². The molecule has 0 aliphatic carbocycles. The van der Waals surface area contributed by atoms with E-state index in [4.69, 9.17) is 0 Å². The molecule has 0 aromatic heterocycles. The molecule has 0 radical (unpaired) electrons. The molecule has 2 rings (SSSR count). The van der Waals surface area contributed by atoms with Gasteiger partial charge < -0.3 is 9.64 Å². The van der Waals surface area contributed by atoms with E-state index in [1.807, 2.05) is 38.2 Å². The molecule has 0 N–H and O–H groups in total. The second-order valence-corrected chi connectivity index (χ2v) is 8.07. The molecule has 1 heterocycles. The molecule has 0 bridgehead atoms. The zero-order valence-corrected chi connectivity index (χ0v) is 14.8. The average Bonchev–Trinajstić information content (AvgIpc) is 2.63. The summed E-state index contributed by atoms with van der Waals surface area (Å²) in [5, 5.41) is 0. The molecule has 0 saturated carbocycles. The van der Waals surface area contributed by atoms with Crippen LogP contribution in [0.2, 0.25) is 0 Å². The summed E-state index contributed by atoms with van der Waals surface area (Å²) in [5.41, 5.74) is 2.01. The van der Waals surface area contributed by atoms with Gasteiger partial charge in [0, 0.05) is 31.9 Å². The number of benzene rings is 1. The number of ether oxygens (including phenoxy) is 1. The van der Waals surface area contributed by atoms with Crippen LogP contribution < -0.4 is 4.90 Å². The Balaban J connectivity index is 2.29. The molecule has 6 nitrogen and oxygen atoms in total. The number of hydrogen-bond acceptors (Lipinski definition) is 5. The summed E-state index contributed by atoms with van der Waals surface area (Å²) in [6.45, 7) is 4.38. The summed E-state index contributed by atoms with van der Waals surface area (Å²) < 4.78 is 31.7. The molecular weight excluding hydrogens is 316 g/mol. The van der Waals surface area contributed by atoms with Crippen LogP contribution in [0.4, 0.5) is 5.69 Å². The number of carbonyl (C=O) groups excluding carboxylic acids is 1. The van der Waals surface area contributed by atoms with Crippen LogP contribution in [0.1, 0.15) is 19.4 Å². The fraction of sp³-hybridized carbons (Fsp3) is 0.562. The Morgan fingerprint density at radius 2 is 2.04 bits per heavy atom. The van der Waals surface area contributed by atoms with Crippen molar-refractivity contribution in [1.82, 2.24) is 4.31 Å². The molecule has 128 valence electrons. The van der Waals surface area contributed by atoms with Crippen LogP contribution >= 0.6 is 0 Å². The fourth-order valence-corrected chi connectivity index (χ4v) is 4.89. The number of fused-ring (bicyclic) bond motifs is 1. The third-order valence-electron chi connectivity index (χ3n) is 4.18. The molecule has 0 spiro atoms. The first-order valence-electron chi connectivity index (χ1n) is 7.62. The minimum atomic E-state index is -3.57. The Morgan fingerprint density at radius 1 is 1.39 bits per heavy atom. The predicted octanol–water partition coefficient (Wildman–Crippen LogP) is 1.47. The largest absolute Gasteiger partial charge is 0.469 e. The smallest absolute Gasteiger partial charge is 0.309 e. The van der Waals surface area contributed by atoms with Crippen LogP contribution in [0.3, 0.4) is 0 Å². The summed E-state index contributed by atoms with van der Waals surface area (Å²) >= 11 is 0. The minimum Gasteiger partial charge on any atom is -0.469 e. The van der Waals surface area contributed by atoms with Crippen molar-refractivity contribution in [2.45, 2.75) is 26.4 Å². The van der Waals surface area contributed by atoms with Crippen LogP contribution in [-0.2, 0) is 26.1 Å². The van der Waals surface area contributed by atoms with Gasteiger partial charge >= 0.3 is 5.97 Å². The molecular formula is C16H24N2O4S. The maximum absolute atomic E-state index is 12.8. The second kappa shape index (κ2) is 6.88. The Morgan fingerprint density at radius 3 is 2.70 bits per heavy atom. The van der Waals surface area contributed by atoms with E-state index in [1.54, 1.807) is 6.92 Å². The maximum Gasteiger partial charge on any atom is 0.309 e. The quantitative estimate of drug-likeness (QED) is 0.777. The van der Waals surface area contributed by atoms with Gasteiger partial charge in [-0.15, -0.1) is 0 Å². The van der Waals surface area contributed by atoms with Gasteiger partial charge in [-0.25, -0.2) is 8.42 Å². The third kappa shape index (κ3) is 3.84. The number of esters is 1. The lowest BCUT2D eigenvalue weighted by Crippen LogP contribution is -2.44. The number of rotatable bonds is 4. The highest BCUT2D eigenvalue weighted by Crippen LogP contribution is 2.28. The van der Waals surface area contributed by atoms with Gasteiger partial charge in [0.2, 0.25) is 10.0 Å². The second-order valence-electron chi connectivity index (χ2n) is 6.11. The third-order valence-corrected chi connectivity index (χ3v) is 6.31. The number of likely N-dealkylation sites (N-methyl/N-ethyl adjacent to an activating group) is 1. The Labute approximate surface area is 138 Å². The van der Waals surface area contributed by atoms with Crippen molar-refractivity contribution in [2.75, 3.05) is 31.4 Å². The van der Waals surface area contributed by atoms with Crippen LogP contribution in [-0.4, -0.2) is 51.2 Å². The summed E-state index contributed by atoms with van der Waals surface area (Å²) in [7, 11) is -0.341. The van der Waals surface area contributed by atoms with Crippen LogP contribution in [0.25, 0.3) is 0 Å². The van der Waals surface area contributed by atoms with E-state index >= 15 is 0 Å². The summed E-state index contributed by atoms with van der Waals surface area (Å²) in [6.07, 6.45) is 0. The average molecular weight is 340 g/mol. The van der Waals surface area contributed by atoms with E-state index < -0.39 is 21.9 Å². The molecule has 2 atom stereocenters. The number of carbonyl (C=O) groups is 1. The molecule has 1 aliphatic rings. The molecule has 23 heavy (non-hydrogen) atoms. The van der Waals surface area contributed by atoms with E-state index in [0.717, 1.165) is 11.3 Å². The number of sulfonamides is 1. The van der Waals surface area contributed by atoms with Gasteiger partial charge in [0.1, 0.15) is 0 Å². The highest BCUT2D eigenvalue weighted by Gasteiger charge is 2.34. The van der Waals surface area contributed by atoms with Crippen LogP contribution in [0, 0.1) is 5.92 Å².